The van der Waals surface area contributed by atoms with Gasteiger partial charge in [-0.05, 0) is 6.92 Å². The van der Waals surface area contributed by atoms with Crippen LogP contribution in [0.2, 0.25) is 0 Å². The molecule has 5 heteroatoms. The van der Waals surface area contributed by atoms with Crippen LogP contribution in [-0.4, -0.2) is 30.0 Å². The van der Waals surface area contributed by atoms with Crippen molar-refractivity contribution >= 4 is 17.2 Å². The Labute approximate surface area is 163 Å². The molecule has 1 unspecified atom stereocenters. The summed E-state index contributed by atoms with van der Waals surface area (Å²) >= 11 is 1.48. The summed E-state index contributed by atoms with van der Waals surface area (Å²) in [6.07, 6.45) is 1.03. The maximum absolute atomic E-state index is 12.8. The first-order valence-electron chi connectivity index (χ1n) is 9.40. The lowest BCUT2D eigenvalue weighted by atomic mass is 10.2. The molecule has 1 fully saturated rings. The number of likely N-dealkylation sites (tertiary alicyclic amines) is 1. The number of aromatic nitrogens is 1. The average Bonchev–Trinajstić information content (AvgIpc) is 3.29. The Balaban J connectivity index is 1.38. The number of thiazole rings is 1. The van der Waals surface area contributed by atoms with Crippen LogP contribution in [0.4, 0.5) is 0 Å². The van der Waals surface area contributed by atoms with E-state index < -0.39 is 0 Å². The topological polar surface area (TPSA) is 46.4 Å². The highest BCUT2D eigenvalue weighted by molar-refractivity contribution is 7.17. The molecule has 138 valence electrons. The second-order valence-electron chi connectivity index (χ2n) is 7.13. The van der Waals surface area contributed by atoms with Crippen LogP contribution < -0.4 is 10.2 Å². The van der Waals surface area contributed by atoms with E-state index in [0.717, 1.165) is 47.2 Å². The Morgan fingerprint density at radius 1 is 1.15 bits per heavy atom. The maximum Gasteiger partial charge on any atom is 0.263 e. The summed E-state index contributed by atoms with van der Waals surface area (Å²) in [5.41, 5.74) is 3.22. The van der Waals surface area contributed by atoms with Gasteiger partial charge in [-0.1, -0.05) is 60.7 Å². The molecule has 2 aromatic carbocycles. The van der Waals surface area contributed by atoms with Crippen molar-refractivity contribution in [2.45, 2.75) is 25.9 Å². The van der Waals surface area contributed by atoms with Gasteiger partial charge in [-0.3, -0.25) is 4.79 Å². The summed E-state index contributed by atoms with van der Waals surface area (Å²) in [6.45, 7) is 5.01. The second kappa shape index (κ2) is 8.03. The molecule has 0 radical (unpaired) electrons. The lowest BCUT2D eigenvalue weighted by molar-refractivity contribution is -0.901. The molecule has 2 atom stereocenters. The van der Waals surface area contributed by atoms with Crippen molar-refractivity contribution < 1.29 is 9.69 Å². The van der Waals surface area contributed by atoms with Crippen LogP contribution >= 0.6 is 11.3 Å². The maximum atomic E-state index is 12.8. The van der Waals surface area contributed by atoms with Crippen LogP contribution in [0.5, 0.6) is 0 Å². The molecule has 1 aliphatic rings. The van der Waals surface area contributed by atoms with Crippen molar-refractivity contribution in [1.82, 2.24) is 10.3 Å². The molecular weight excluding hydrogens is 354 g/mol. The summed E-state index contributed by atoms with van der Waals surface area (Å²) in [5, 5.41) is 4.13. The quantitative estimate of drug-likeness (QED) is 0.717. The van der Waals surface area contributed by atoms with Crippen LogP contribution in [0.1, 0.15) is 27.3 Å². The molecule has 3 aromatic rings. The molecule has 0 saturated carbocycles. The Hall–Kier alpha value is -2.50. The monoisotopic (exact) mass is 378 g/mol. The summed E-state index contributed by atoms with van der Waals surface area (Å²) in [4.78, 5) is 19.6. The standard InChI is InChI=1S/C22H23N3OS/c1-16-20(27-22(23-16)18-10-6-3-7-11-18)21(26)24-19-12-13-25(15-19)14-17-8-4-2-5-9-17/h2-11,19H,12-15H2,1H3,(H,24,26)/p+1/t19-/m1/s1. The Bertz CT molecular complexity index is 908. The fourth-order valence-electron chi connectivity index (χ4n) is 3.66. The zero-order chi connectivity index (χ0) is 18.6. The fourth-order valence-corrected chi connectivity index (χ4v) is 4.64. The van der Waals surface area contributed by atoms with Gasteiger partial charge in [0.2, 0.25) is 0 Å². The van der Waals surface area contributed by atoms with E-state index in [2.05, 4.69) is 34.6 Å². The lowest BCUT2D eigenvalue weighted by Gasteiger charge is -2.14. The van der Waals surface area contributed by atoms with Gasteiger partial charge in [0.25, 0.3) is 5.91 Å². The van der Waals surface area contributed by atoms with Gasteiger partial charge >= 0.3 is 0 Å². The Morgan fingerprint density at radius 2 is 1.85 bits per heavy atom. The summed E-state index contributed by atoms with van der Waals surface area (Å²) < 4.78 is 0. The molecule has 1 aliphatic heterocycles. The van der Waals surface area contributed by atoms with Crippen molar-refractivity contribution in [2.75, 3.05) is 13.1 Å². The summed E-state index contributed by atoms with van der Waals surface area (Å²) in [7, 11) is 0. The Kier molecular flexibility index (Phi) is 5.32. The number of quaternary nitrogens is 1. The number of nitrogens with one attached hydrogen (secondary N) is 2. The fraction of sp³-hybridized carbons (Fsp3) is 0.273. The van der Waals surface area contributed by atoms with Gasteiger partial charge in [0, 0.05) is 17.5 Å². The Morgan fingerprint density at radius 3 is 2.59 bits per heavy atom. The summed E-state index contributed by atoms with van der Waals surface area (Å²) in [5.74, 6) is 0.0122. The van der Waals surface area contributed by atoms with Crippen molar-refractivity contribution in [3.05, 3.63) is 76.8 Å². The molecule has 2 heterocycles. The van der Waals surface area contributed by atoms with Gasteiger partial charge < -0.3 is 10.2 Å². The van der Waals surface area contributed by atoms with E-state index in [9.17, 15) is 4.79 Å². The van der Waals surface area contributed by atoms with Crippen molar-refractivity contribution in [3.63, 3.8) is 0 Å². The van der Waals surface area contributed by atoms with Crippen LogP contribution in [0.25, 0.3) is 10.6 Å². The van der Waals surface area contributed by atoms with Crippen LogP contribution in [0.3, 0.4) is 0 Å². The van der Waals surface area contributed by atoms with E-state index in [4.69, 9.17) is 0 Å². The minimum absolute atomic E-state index is 0.0122. The number of hydrogen-bond acceptors (Lipinski definition) is 3. The first-order valence-corrected chi connectivity index (χ1v) is 10.2. The highest BCUT2D eigenvalue weighted by Gasteiger charge is 2.28. The second-order valence-corrected chi connectivity index (χ2v) is 8.12. The molecule has 1 amide bonds. The van der Waals surface area contributed by atoms with Crippen molar-refractivity contribution in [2.24, 2.45) is 0 Å². The van der Waals surface area contributed by atoms with E-state index in [1.807, 2.05) is 43.3 Å². The number of carbonyl (C=O) groups excluding carboxylic acids is 1. The molecular formula is C22H24N3OS+. The first-order chi connectivity index (χ1) is 13.2. The van der Waals surface area contributed by atoms with Gasteiger partial charge in [0.1, 0.15) is 16.4 Å². The molecule has 1 saturated heterocycles. The lowest BCUT2D eigenvalue weighted by Crippen LogP contribution is -3.09. The highest BCUT2D eigenvalue weighted by atomic mass is 32.1. The zero-order valence-corrected chi connectivity index (χ0v) is 16.3. The van der Waals surface area contributed by atoms with E-state index in [-0.39, 0.29) is 11.9 Å². The molecule has 27 heavy (non-hydrogen) atoms. The third-order valence-corrected chi connectivity index (χ3v) is 6.24. The van der Waals surface area contributed by atoms with Crippen molar-refractivity contribution in [3.8, 4) is 10.6 Å². The smallest absolute Gasteiger partial charge is 0.263 e. The minimum Gasteiger partial charge on any atom is -0.343 e. The van der Waals surface area contributed by atoms with Crippen LogP contribution in [0, 0.1) is 6.92 Å². The van der Waals surface area contributed by atoms with E-state index in [0.29, 0.717) is 0 Å². The number of benzene rings is 2. The third kappa shape index (κ3) is 4.26. The third-order valence-electron chi connectivity index (χ3n) is 5.04. The van der Waals surface area contributed by atoms with E-state index in [1.165, 1.54) is 21.8 Å². The average molecular weight is 379 g/mol. The number of hydrogen-bond donors (Lipinski definition) is 2. The first kappa shape index (κ1) is 17.9. The molecule has 4 rings (SSSR count). The van der Waals surface area contributed by atoms with Gasteiger partial charge in [-0.2, -0.15) is 0 Å². The number of amides is 1. The number of carbonyl (C=O) groups is 1. The normalized spacial score (nSPS) is 19.1. The van der Waals surface area contributed by atoms with Crippen LogP contribution in [0.15, 0.2) is 60.7 Å². The summed E-state index contributed by atoms with van der Waals surface area (Å²) in [6, 6.07) is 20.8. The van der Waals surface area contributed by atoms with Gasteiger partial charge in [-0.25, -0.2) is 4.98 Å². The predicted molar refractivity (Wildman–Crippen MR) is 109 cm³/mol. The predicted octanol–water partition coefficient (Wildman–Crippen LogP) is 2.71. The van der Waals surface area contributed by atoms with Gasteiger partial charge in [0.15, 0.2) is 0 Å². The van der Waals surface area contributed by atoms with E-state index >= 15 is 0 Å². The molecule has 0 aliphatic carbocycles. The zero-order valence-electron chi connectivity index (χ0n) is 15.4. The molecule has 0 spiro atoms. The highest BCUT2D eigenvalue weighted by Crippen LogP contribution is 2.27. The number of nitrogens with zero attached hydrogens (tertiary/aromatic N) is 1. The van der Waals surface area contributed by atoms with Gasteiger partial charge in [-0.15, -0.1) is 11.3 Å². The molecule has 0 bridgehead atoms. The minimum atomic E-state index is 0.0122. The molecule has 1 aromatic heterocycles. The van der Waals surface area contributed by atoms with Crippen molar-refractivity contribution in [1.29, 1.82) is 0 Å². The molecule has 4 nitrogen and oxygen atoms in total. The number of aryl methyl sites for hydroxylation is 1. The SMILES string of the molecule is Cc1nc(-c2ccccc2)sc1C(=O)N[C@@H]1CC[NH+](Cc2ccccc2)C1. The largest absolute Gasteiger partial charge is 0.343 e. The number of rotatable bonds is 5. The molecule has 2 N–H and O–H groups in total. The van der Waals surface area contributed by atoms with Crippen LogP contribution in [-0.2, 0) is 6.54 Å². The van der Waals surface area contributed by atoms with E-state index in [1.54, 1.807) is 0 Å². The van der Waals surface area contributed by atoms with Gasteiger partial charge in [0.05, 0.1) is 24.8 Å².